The zero-order valence-electron chi connectivity index (χ0n) is 11.9. The molecule has 116 valence electrons. The molecule has 1 aromatic carbocycles. The first-order valence-electron chi connectivity index (χ1n) is 6.59. The molecule has 0 spiro atoms. The average Bonchev–Trinajstić information content (AvgIpc) is 2.90. The summed E-state index contributed by atoms with van der Waals surface area (Å²) in [6.07, 6.45) is 3.15. The Kier molecular flexibility index (Phi) is 3.67. The number of nitrogens with one attached hydrogen (secondary N) is 2. The van der Waals surface area contributed by atoms with Gasteiger partial charge in [-0.3, -0.25) is 14.9 Å². The number of nitrogens with zero attached hydrogens (tertiary/aromatic N) is 4. The predicted octanol–water partition coefficient (Wildman–Crippen LogP) is 1.47. The third-order valence-corrected chi connectivity index (χ3v) is 2.87. The normalized spacial score (nSPS) is 10.5. The van der Waals surface area contributed by atoms with Gasteiger partial charge in [-0.15, -0.1) is 5.10 Å². The van der Waals surface area contributed by atoms with E-state index in [1.54, 1.807) is 12.3 Å². The molecule has 0 unspecified atom stereocenters. The Morgan fingerprint density at radius 2 is 2.09 bits per heavy atom. The highest BCUT2D eigenvalue weighted by Crippen LogP contribution is 2.16. The van der Waals surface area contributed by atoms with E-state index in [9.17, 15) is 14.0 Å². The Morgan fingerprint density at radius 1 is 1.26 bits per heavy atom. The number of carbonyl (C=O) groups is 2. The van der Waals surface area contributed by atoms with Crippen LogP contribution in [-0.4, -0.2) is 31.4 Å². The molecule has 2 heterocycles. The number of anilines is 2. The lowest BCUT2D eigenvalue weighted by Crippen LogP contribution is -2.16. The molecule has 0 aliphatic carbocycles. The fourth-order valence-corrected chi connectivity index (χ4v) is 1.93. The largest absolute Gasteiger partial charge is 0.326 e. The molecule has 0 atom stereocenters. The molecule has 2 N–H and O–H groups in total. The molecule has 0 bridgehead atoms. The van der Waals surface area contributed by atoms with E-state index < -0.39 is 11.7 Å². The van der Waals surface area contributed by atoms with E-state index in [1.165, 1.54) is 29.8 Å². The summed E-state index contributed by atoms with van der Waals surface area (Å²) < 4.78 is 15.2. The van der Waals surface area contributed by atoms with E-state index in [1.807, 2.05) is 0 Å². The van der Waals surface area contributed by atoms with Crippen molar-refractivity contribution in [3.05, 3.63) is 48.0 Å². The molecule has 2 aromatic heterocycles. The minimum absolute atomic E-state index is 0.00182. The maximum atomic E-state index is 13.8. The van der Waals surface area contributed by atoms with Crippen molar-refractivity contribution in [3.8, 4) is 0 Å². The van der Waals surface area contributed by atoms with Crippen LogP contribution in [0.2, 0.25) is 0 Å². The van der Waals surface area contributed by atoms with E-state index in [-0.39, 0.29) is 17.4 Å². The Balaban J connectivity index is 1.86. The quantitative estimate of drug-likeness (QED) is 0.762. The summed E-state index contributed by atoms with van der Waals surface area (Å²) in [4.78, 5) is 31.2. The van der Waals surface area contributed by atoms with Gasteiger partial charge in [0.25, 0.3) is 17.6 Å². The number of fused-ring (bicyclic) bond motifs is 1. The van der Waals surface area contributed by atoms with Crippen molar-refractivity contribution in [1.29, 1.82) is 0 Å². The monoisotopic (exact) mass is 314 g/mol. The van der Waals surface area contributed by atoms with Gasteiger partial charge in [0.1, 0.15) is 5.82 Å². The van der Waals surface area contributed by atoms with Crippen molar-refractivity contribution < 1.29 is 14.0 Å². The van der Waals surface area contributed by atoms with Gasteiger partial charge in [0.2, 0.25) is 5.91 Å². The van der Waals surface area contributed by atoms with Gasteiger partial charge in [-0.2, -0.15) is 4.98 Å². The van der Waals surface area contributed by atoms with Crippen LogP contribution in [0, 0.1) is 5.82 Å². The SMILES string of the molecule is CC(=O)Nc1ccc(F)c(C(=O)Nc2nc3ncccn3n2)c1. The number of rotatable bonds is 3. The van der Waals surface area contributed by atoms with Crippen LogP contribution in [0.3, 0.4) is 0 Å². The topological polar surface area (TPSA) is 101 Å². The highest BCUT2D eigenvalue weighted by atomic mass is 19.1. The highest BCUT2D eigenvalue weighted by molar-refractivity contribution is 6.04. The number of carbonyl (C=O) groups excluding carboxylic acids is 2. The molecule has 0 saturated heterocycles. The second-order valence-electron chi connectivity index (χ2n) is 4.63. The molecule has 8 nitrogen and oxygen atoms in total. The molecule has 0 aliphatic rings. The van der Waals surface area contributed by atoms with Gasteiger partial charge >= 0.3 is 0 Å². The fourth-order valence-electron chi connectivity index (χ4n) is 1.93. The van der Waals surface area contributed by atoms with Crippen LogP contribution in [0.1, 0.15) is 17.3 Å². The molecule has 9 heteroatoms. The predicted molar refractivity (Wildman–Crippen MR) is 79.4 cm³/mol. The molecule has 2 amide bonds. The van der Waals surface area contributed by atoms with E-state index in [0.717, 1.165) is 6.07 Å². The van der Waals surface area contributed by atoms with Crippen molar-refractivity contribution >= 4 is 29.2 Å². The third-order valence-electron chi connectivity index (χ3n) is 2.87. The van der Waals surface area contributed by atoms with Gasteiger partial charge in [0.15, 0.2) is 0 Å². The highest BCUT2D eigenvalue weighted by Gasteiger charge is 2.15. The Morgan fingerprint density at radius 3 is 2.83 bits per heavy atom. The number of hydrogen-bond donors (Lipinski definition) is 2. The molecule has 0 radical (unpaired) electrons. The van der Waals surface area contributed by atoms with Crippen molar-refractivity contribution in [3.63, 3.8) is 0 Å². The zero-order chi connectivity index (χ0) is 16.4. The van der Waals surface area contributed by atoms with Gasteiger partial charge < -0.3 is 5.32 Å². The fraction of sp³-hybridized carbons (Fsp3) is 0.0714. The molecular weight excluding hydrogens is 303 g/mol. The number of hydrogen-bond acceptors (Lipinski definition) is 5. The van der Waals surface area contributed by atoms with Gasteiger partial charge in [0.05, 0.1) is 5.56 Å². The summed E-state index contributed by atoms with van der Waals surface area (Å²) in [7, 11) is 0. The summed E-state index contributed by atoms with van der Waals surface area (Å²) in [5, 5.41) is 8.87. The first-order valence-corrected chi connectivity index (χ1v) is 6.59. The molecule has 0 fully saturated rings. The summed E-state index contributed by atoms with van der Waals surface area (Å²) in [6, 6.07) is 5.35. The van der Waals surface area contributed by atoms with Crippen molar-refractivity contribution in [2.45, 2.75) is 6.92 Å². The van der Waals surface area contributed by atoms with Gasteiger partial charge in [-0.05, 0) is 24.3 Å². The third kappa shape index (κ3) is 3.12. The standard InChI is InChI=1S/C14H11FN6O2/c1-8(22)17-9-3-4-11(15)10(7-9)12(23)18-13-19-14-16-5-2-6-21(14)20-13/h2-7H,1H3,(H,17,22)(H,18,20,23). The van der Waals surface area contributed by atoms with E-state index in [0.29, 0.717) is 11.5 Å². The Bertz CT molecular complexity index is 874. The van der Waals surface area contributed by atoms with Crippen LogP contribution in [0.25, 0.3) is 5.78 Å². The second kappa shape index (κ2) is 5.79. The Hall–Kier alpha value is -3.36. The number of amides is 2. The molecule has 0 saturated carbocycles. The summed E-state index contributed by atoms with van der Waals surface area (Å²) in [6.45, 7) is 1.32. The first-order chi connectivity index (χ1) is 11.0. The second-order valence-corrected chi connectivity index (χ2v) is 4.63. The van der Waals surface area contributed by atoms with Crippen LogP contribution in [-0.2, 0) is 4.79 Å². The molecular formula is C14H11FN6O2. The molecule has 3 rings (SSSR count). The van der Waals surface area contributed by atoms with E-state index >= 15 is 0 Å². The number of aromatic nitrogens is 4. The van der Waals surface area contributed by atoms with E-state index in [4.69, 9.17) is 0 Å². The van der Waals surface area contributed by atoms with Crippen LogP contribution in [0.4, 0.5) is 16.0 Å². The lowest BCUT2D eigenvalue weighted by molar-refractivity contribution is -0.114. The Labute approximate surface area is 129 Å². The van der Waals surface area contributed by atoms with Crippen molar-refractivity contribution in [1.82, 2.24) is 19.6 Å². The molecule has 23 heavy (non-hydrogen) atoms. The lowest BCUT2D eigenvalue weighted by atomic mass is 10.1. The summed E-state index contributed by atoms with van der Waals surface area (Å²) >= 11 is 0. The van der Waals surface area contributed by atoms with Crippen molar-refractivity contribution in [2.24, 2.45) is 0 Å². The van der Waals surface area contributed by atoms with Gasteiger partial charge in [-0.1, -0.05) is 0 Å². The number of benzene rings is 1. The van der Waals surface area contributed by atoms with Crippen LogP contribution < -0.4 is 10.6 Å². The van der Waals surface area contributed by atoms with Gasteiger partial charge in [0, 0.05) is 25.0 Å². The minimum Gasteiger partial charge on any atom is -0.326 e. The molecule has 3 aromatic rings. The lowest BCUT2D eigenvalue weighted by Gasteiger charge is -2.06. The van der Waals surface area contributed by atoms with Crippen LogP contribution in [0.15, 0.2) is 36.7 Å². The summed E-state index contributed by atoms with van der Waals surface area (Å²) in [5.74, 6) is -1.48. The maximum Gasteiger partial charge on any atom is 0.261 e. The van der Waals surface area contributed by atoms with Crippen molar-refractivity contribution in [2.75, 3.05) is 10.6 Å². The van der Waals surface area contributed by atoms with Gasteiger partial charge in [-0.25, -0.2) is 13.9 Å². The average molecular weight is 314 g/mol. The number of halogens is 1. The van der Waals surface area contributed by atoms with Crippen LogP contribution in [0.5, 0.6) is 0 Å². The maximum absolute atomic E-state index is 13.8. The smallest absolute Gasteiger partial charge is 0.261 e. The van der Waals surface area contributed by atoms with E-state index in [2.05, 4.69) is 25.7 Å². The molecule has 0 aliphatic heterocycles. The summed E-state index contributed by atoms with van der Waals surface area (Å²) in [5.41, 5.74) is 0.0803. The first kappa shape index (κ1) is 14.6. The minimum atomic E-state index is -0.731. The van der Waals surface area contributed by atoms with Crippen LogP contribution >= 0.6 is 0 Å². The zero-order valence-corrected chi connectivity index (χ0v) is 11.9.